The van der Waals surface area contributed by atoms with Crippen LogP contribution in [0, 0.1) is 30.3 Å². The molecule has 0 spiro atoms. The Balaban J connectivity index is 0.000000186. The van der Waals surface area contributed by atoms with Gasteiger partial charge in [-0.15, -0.1) is 0 Å². The minimum atomic E-state index is -1.21. The lowest BCUT2D eigenvalue weighted by Gasteiger charge is -2.04. The van der Waals surface area contributed by atoms with Crippen LogP contribution in [0.4, 0.5) is 17.1 Å². The van der Waals surface area contributed by atoms with E-state index in [-0.39, 0.29) is 0 Å². The monoisotopic (exact) mass is 468 g/mol. The number of phenols is 1. The topological polar surface area (TPSA) is 163 Å². The third kappa shape index (κ3) is 5.17. The first-order chi connectivity index (χ1) is 15.7. The normalized spacial score (nSPS) is 10.2. The molecule has 0 radical (unpaired) electrons. The summed E-state index contributed by atoms with van der Waals surface area (Å²) in [5.41, 5.74) is 0.275. The molecule has 0 saturated heterocycles. The van der Waals surface area contributed by atoms with E-state index in [2.05, 4.69) is 29.2 Å². The number of aromatic nitrogens is 1. The predicted octanol–water partition coefficient (Wildman–Crippen LogP) is 5.67. The van der Waals surface area contributed by atoms with Crippen molar-refractivity contribution in [3.05, 3.63) is 108 Å². The van der Waals surface area contributed by atoms with Crippen LogP contribution in [0.3, 0.4) is 0 Å². The average Bonchev–Trinajstić information content (AvgIpc) is 2.80. The number of rotatable bonds is 4. The van der Waals surface area contributed by atoms with Crippen molar-refractivity contribution in [1.29, 1.82) is 0 Å². The molecule has 1 N–H and O–H groups in total. The fraction of sp³-hybridized carbons (Fsp3) is 0. The predicted molar refractivity (Wildman–Crippen MR) is 120 cm³/mol. The van der Waals surface area contributed by atoms with Gasteiger partial charge in [0.15, 0.2) is 0 Å². The Bertz CT molecular complexity index is 1340. The molecule has 3 aromatic carbocycles. The summed E-state index contributed by atoms with van der Waals surface area (Å²) in [7, 11) is 0. The van der Waals surface area contributed by atoms with Gasteiger partial charge in [-0.25, -0.2) is 0 Å². The quantitative estimate of drug-likeness (QED) is 0.295. The van der Waals surface area contributed by atoms with Gasteiger partial charge >= 0.3 is 11.4 Å². The third-order valence-corrected chi connectivity index (χ3v) is 4.78. The molecule has 0 fully saturated rings. The van der Waals surface area contributed by atoms with E-state index in [1.165, 1.54) is 5.56 Å². The minimum Gasteiger partial charge on any atom is -0.497 e. The summed E-state index contributed by atoms with van der Waals surface area (Å²) in [5, 5.41) is 42.0. The molecule has 11 nitrogen and oxygen atoms in total. The summed E-state index contributed by atoms with van der Waals surface area (Å²) >= 11 is 6.18. The van der Waals surface area contributed by atoms with Gasteiger partial charge in [0.25, 0.3) is 11.4 Å². The number of nitro benzene ring substituents is 3. The Hall–Kier alpha value is -4.64. The van der Waals surface area contributed by atoms with Gasteiger partial charge in [0, 0.05) is 11.6 Å². The van der Waals surface area contributed by atoms with E-state index < -0.39 is 37.6 Å². The second-order valence-corrected chi connectivity index (χ2v) is 6.90. The van der Waals surface area contributed by atoms with Crippen molar-refractivity contribution in [3.8, 4) is 16.9 Å². The highest BCUT2D eigenvalue weighted by Crippen LogP contribution is 2.39. The number of nitro groups is 3. The van der Waals surface area contributed by atoms with Crippen LogP contribution in [-0.2, 0) is 0 Å². The van der Waals surface area contributed by atoms with E-state index >= 15 is 0 Å². The van der Waals surface area contributed by atoms with Crippen LogP contribution in [0.2, 0.25) is 5.02 Å². The number of benzene rings is 3. The van der Waals surface area contributed by atoms with Gasteiger partial charge in [0.1, 0.15) is 0 Å². The summed E-state index contributed by atoms with van der Waals surface area (Å²) in [6, 6.07) is 19.1. The maximum absolute atomic E-state index is 10.4. The number of halogens is 1. The fourth-order valence-corrected chi connectivity index (χ4v) is 3.10. The maximum atomic E-state index is 10.4. The molecule has 0 aliphatic rings. The fourth-order valence-electron chi connectivity index (χ4n) is 2.90. The van der Waals surface area contributed by atoms with E-state index in [0.29, 0.717) is 12.1 Å². The second-order valence-electron chi connectivity index (χ2n) is 6.49. The van der Waals surface area contributed by atoms with Gasteiger partial charge in [-0.05, 0) is 29.3 Å². The van der Waals surface area contributed by atoms with Gasteiger partial charge in [-0.3, -0.25) is 35.3 Å². The van der Waals surface area contributed by atoms with Crippen molar-refractivity contribution in [3.63, 3.8) is 0 Å². The van der Waals surface area contributed by atoms with Crippen LogP contribution in [-0.4, -0.2) is 24.9 Å². The molecule has 0 amide bonds. The van der Waals surface area contributed by atoms with Crippen LogP contribution in [0.5, 0.6) is 5.75 Å². The molecule has 1 aromatic heterocycles. The molecule has 166 valence electrons. The zero-order chi connectivity index (χ0) is 24.1. The molecular weight excluding hydrogens is 456 g/mol. The molecule has 0 aliphatic carbocycles. The number of aromatic hydroxyl groups is 1. The zero-order valence-electron chi connectivity index (χ0n) is 16.5. The molecule has 0 bridgehead atoms. The lowest BCUT2D eigenvalue weighted by atomic mass is 10.0. The number of fused-ring (bicyclic) bond motifs is 1. The molecule has 0 saturated carbocycles. The smallest absolute Gasteiger partial charge is 0.324 e. The standard InChI is InChI=1S/C15H10ClN.C6H3N3O7/c16-14-8-9-17-15-7-6-12(10-13(14)15)11-4-2-1-3-5-11;10-6-4(8(13)14)1-3(7(11)12)2-5(6)9(15)16/h1-10H;1-2,10H. The number of phenolic OH excluding ortho intramolecular Hbond substituents is 1. The third-order valence-electron chi connectivity index (χ3n) is 4.45. The van der Waals surface area contributed by atoms with Crippen molar-refractivity contribution < 1.29 is 19.9 Å². The Kier molecular flexibility index (Phi) is 6.74. The van der Waals surface area contributed by atoms with Gasteiger partial charge in [0.05, 0.1) is 37.4 Å². The Morgan fingerprint density at radius 3 is 1.91 bits per heavy atom. The molecule has 1 heterocycles. The van der Waals surface area contributed by atoms with Crippen LogP contribution in [0.15, 0.2) is 72.9 Å². The van der Waals surface area contributed by atoms with Gasteiger partial charge in [-0.2, -0.15) is 0 Å². The van der Waals surface area contributed by atoms with E-state index in [1.807, 2.05) is 30.3 Å². The number of pyridine rings is 1. The summed E-state index contributed by atoms with van der Waals surface area (Å²) in [4.78, 5) is 32.1. The summed E-state index contributed by atoms with van der Waals surface area (Å²) < 4.78 is 0. The van der Waals surface area contributed by atoms with Gasteiger partial charge < -0.3 is 5.11 Å². The Labute approximate surface area is 190 Å². The molecule has 4 aromatic rings. The van der Waals surface area contributed by atoms with Crippen LogP contribution >= 0.6 is 11.6 Å². The van der Waals surface area contributed by atoms with E-state index in [0.717, 1.165) is 21.5 Å². The van der Waals surface area contributed by atoms with Crippen molar-refractivity contribution >= 4 is 39.6 Å². The summed E-state index contributed by atoms with van der Waals surface area (Å²) in [5.74, 6) is -1.21. The molecule has 33 heavy (non-hydrogen) atoms. The molecule has 0 aliphatic heterocycles. The van der Waals surface area contributed by atoms with Crippen LogP contribution < -0.4 is 0 Å². The largest absolute Gasteiger partial charge is 0.497 e. The Morgan fingerprint density at radius 2 is 1.36 bits per heavy atom. The lowest BCUT2D eigenvalue weighted by molar-refractivity contribution is -0.404. The highest BCUT2D eigenvalue weighted by molar-refractivity contribution is 6.35. The lowest BCUT2D eigenvalue weighted by Crippen LogP contribution is -1.97. The summed E-state index contributed by atoms with van der Waals surface area (Å²) in [6.07, 6.45) is 1.73. The van der Waals surface area contributed by atoms with E-state index in [9.17, 15) is 30.3 Å². The summed E-state index contributed by atoms with van der Waals surface area (Å²) in [6.45, 7) is 0. The SMILES string of the molecule is Clc1ccnc2ccc(-c3ccccc3)cc12.O=[N+]([O-])c1cc([N+](=O)[O-])c(O)c([N+](=O)[O-])c1. The van der Waals surface area contributed by atoms with Crippen molar-refractivity contribution in [2.45, 2.75) is 0 Å². The molecule has 0 atom stereocenters. The molecule has 4 rings (SSSR count). The van der Waals surface area contributed by atoms with Gasteiger partial charge in [0.2, 0.25) is 0 Å². The first kappa shape index (κ1) is 23.0. The maximum Gasteiger partial charge on any atom is 0.324 e. The molecular formula is C21H13ClN4O7. The van der Waals surface area contributed by atoms with Crippen LogP contribution in [0.25, 0.3) is 22.0 Å². The van der Waals surface area contributed by atoms with Crippen LogP contribution in [0.1, 0.15) is 0 Å². The van der Waals surface area contributed by atoms with Gasteiger partial charge in [-0.1, -0.05) is 48.0 Å². The van der Waals surface area contributed by atoms with E-state index in [4.69, 9.17) is 16.7 Å². The van der Waals surface area contributed by atoms with Crippen molar-refractivity contribution in [2.75, 3.05) is 0 Å². The van der Waals surface area contributed by atoms with Crippen molar-refractivity contribution in [2.24, 2.45) is 0 Å². The number of non-ortho nitro benzene ring substituents is 1. The number of hydrogen-bond donors (Lipinski definition) is 1. The number of hydrogen-bond acceptors (Lipinski definition) is 8. The molecule has 12 heteroatoms. The Morgan fingerprint density at radius 1 is 0.758 bits per heavy atom. The first-order valence-corrected chi connectivity index (χ1v) is 9.46. The highest BCUT2D eigenvalue weighted by atomic mass is 35.5. The van der Waals surface area contributed by atoms with Crippen molar-refractivity contribution in [1.82, 2.24) is 4.98 Å². The second kappa shape index (κ2) is 9.66. The average molecular weight is 469 g/mol. The first-order valence-electron chi connectivity index (χ1n) is 9.09. The molecule has 0 unspecified atom stereocenters. The highest BCUT2D eigenvalue weighted by Gasteiger charge is 2.30. The number of nitrogens with zero attached hydrogens (tertiary/aromatic N) is 4. The minimum absolute atomic E-state index is 0.447. The zero-order valence-corrected chi connectivity index (χ0v) is 17.2. The van der Waals surface area contributed by atoms with E-state index in [1.54, 1.807) is 6.20 Å².